The van der Waals surface area contributed by atoms with E-state index in [-0.39, 0.29) is 12.2 Å². The van der Waals surface area contributed by atoms with Crippen LogP contribution in [0.5, 0.6) is 5.75 Å². The van der Waals surface area contributed by atoms with Crippen LogP contribution in [0, 0.1) is 5.92 Å². The van der Waals surface area contributed by atoms with Crippen LogP contribution < -0.4 is 16.4 Å². The number of carbonyl (C=O) groups is 6. The zero-order valence-electron chi connectivity index (χ0n) is 26.7. The first kappa shape index (κ1) is 41.0. The van der Waals surface area contributed by atoms with Crippen LogP contribution in [-0.2, 0) is 41.1 Å². The van der Waals surface area contributed by atoms with Gasteiger partial charge in [-0.1, -0.05) is 65.3 Å². The van der Waals surface area contributed by atoms with Crippen LogP contribution in [-0.4, -0.2) is 91.6 Å². The minimum absolute atomic E-state index is 0.0697. The maximum Gasteiger partial charge on any atom is 0.365 e. The molecule has 2 rings (SSSR count). The molecule has 0 bridgehead atoms. The Balaban J connectivity index is 2.42. The van der Waals surface area contributed by atoms with Gasteiger partial charge in [0, 0.05) is 12.0 Å². The fraction of sp³-hybridized carbons (Fsp3) is 0.419. The molecule has 0 aliphatic heterocycles. The van der Waals surface area contributed by atoms with Crippen LogP contribution in [0.15, 0.2) is 54.6 Å². The molecule has 0 heterocycles. The van der Waals surface area contributed by atoms with E-state index in [0.717, 1.165) is 12.1 Å². The van der Waals surface area contributed by atoms with Crippen molar-refractivity contribution in [2.75, 3.05) is 6.54 Å². The minimum atomic E-state index is -5.63. The van der Waals surface area contributed by atoms with Gasteiger partial charge in [-0.3, -0.25) is 28.9 Å². The lowest BCUT2D eigenvalue weighted by molar-refractivity contribution is -0.337. The van der Waals surface area contributed by atoms with Gasteiger partial charge in [0.25, 0.3) is 5.91 Å². The molecule has 0 fully saturated rings. The molecule has 0 aliphatic rings. The number of aromatic hydroxyl groups is 1. The average molecular weight is 718 g/mol. The molecule has 0 spiro atoms. The Morgan fingerprint density at radius 2 is 1.48 bits per heavy atom. The van der Waals surface area contributed by atoms with Gasteiger partial charge in [0.1, 0.15) is 17.8 Å². The lowest BCUT2D eigenvalue weighted by Crippen LogP contribution is -2.65. The summed E-state index contributed by atoms with van der Waals surface area (Å²) in [7, 11) is 0. The summed E-state index contributed by atoms with van der Waals surface area (Å²) in [5.74, 6) is -22.4. The molecule has 4 atom stereocenters. The normalized spacial score (nSPS) is 14.6. The molecule has 0 aromatic heterocycles. The number of carboxylic acids is 2. The first-order chi connectivity index (χ1) is 23.2. The van der Waals surface area contributed by atoms with Crippen molar-refractivity contribution in [1.82, 2.24) is 20.9 Å². The van der Waals surface area contributed by atoms with Crippen molar-refractivity contribution < 1.29 is 66.2 Å². The molecular weight excluding hydrogens is 681 g/mol. The fourth-order valence-corrected chi connectivity index (χ4v) is 4.67. The van der Waals surface area contributed by atoms with E-state index in [9.17, 15) is 47.9 Å². The number of hydrogen-bond donors (Lipinski definition) is 6. The van der Waals surface area contributed by atoms with Gasteiger partial charge < -0.3 is 31.7 Å². The molecule has 0 saturated heterocycles. The van der Waals surface area contributed by atoms with Crippen LogP contribution in [0.3, 0.4) is 0 Å². The van der Waals surface area contributed by atoms with Crippen LogP contribution in [0.25, 0.3) is 0 Å². The number of benzene rings is 2. The molecule has 0 radical (unpaired) electrons. The quantitative estimate of drug-likeness (QED) is 0.0745. The number of carbonyl (C=O) groups excluding carboxylic acids is 4. The number of nitrogens with zero attached hydrogens (tertiary/aromatic N) is 2. The number of nitrogens with two attached hydrogens (primary N) is 1. The van der Waals surface area contributed by atoms with E-state index in [2.05, 4.69) is 5.32 Å². The van der Waals surface area contributed by atoms with E-state index < -0.39 is 113 Å². The first-order valence-electron chi connectivity index (χ1n) is 14.9. The number of phenols is 1. The minimum Gasteiger partial charge on any atom is -0.508 e. The van der Waals surface area contributed by atoms with E-state index >= 15 is 13.2 Å². The van der Waals surface area contributed by atoms with Gasteiger partial charge in [-0.15, -0.1) is 0 Å². The van der Waals surface area contributed by atoms with Gasteiger partial charge in [0.15, 0.2) is 0 Å². The number of nitrogens with one attached hydrogen (secondary N) is 2. The summed E-state index contributed by atoms with van der Waals surface area (Å²) < 4.78 is 74.8. The maximum absolute atomic E-state index is 15.9. The Labute approximate surface area is 281 Å². The number of hydrogen-bond acceptors (Lipinski definition) is 9. The number of carboxylic acid groups (broad SMARTS) is 2. The Morgan fingerprint density at radius 1 is 0.900 bits per heavy atom. The second kappa shape index (κ2) is 17.5. The van der Waals surface area contributed by atoms with Crippen LogP contribution in [0.4, 0.5) is 22.1 Å². The van der Waals surface area contributed by atoms with Crippen molar-refractivity contribution in [2.24, 2.45) is 11.7 Å². The van der Waals surface area contributed by atoms with Crippen molar-refractivity contribution in [2.45, 2.75) is 69.4 Å². The molecule has 50 heavy (non-hydrogen) atoms. The molecule has 2 aromatic carbocycles. The van der Waals surface area contributed by atoms with E-state index in [1.807, 2.05) is 5.32 Å². The summed E-state index contributed by atoms with van der Waals surface area (Å²) in [5.41, 5.74) is 4.96. The highest BCUT2D eigenvalue weighted by atomic mass is 19.4. The third-order valence-corrected chi connectivity index (χ3v) is 7.27. The number of aliphatic carboxylic acids is 2. The molecular formula is C31H36F5N5O9. The molecule has 7 N–H and O–H groups in total. The molecule has 0 unspecified atom stereocenters. The number of phenolic OH excluding ortho intramolecular Hbond substituents is 1. The average Bonchev–Trinajstić information content (AvgIpc) is 3.05. The SMILES string of the molecule is CC(C)C[C@@H](C(=O)O)N(C(=O)CNC(=O)[C@@H](CCC(=O)O)NC(=O)[C@@H](N)Cc1ccc(O)cc1)C(=O)[C@@](F)(N(F)F)C(F)(F)c1ccccc1. The molecule has 2 aromatic rings. The zero-order valence-corrected chi connectivity index (χ0v) is 26.7. The van der Waals surface area contributed by atoms with Gasteiger partial charge in [0.05, 0.1) is 17.9 Å². The third kappa shape index (κ3) is 10.2. The van der Waals surface area contributed by atoms with E-state index in [1.165, 1.54) is 44.2 Å². The second-order valence-corrected chi connectivity index (χ2v) is 11.5. The van der Waals surface area contributed by atoms with E-state index in [1.54, 1.807) is 0 Å². The topological polar surface area (TPSA) is 220 Å². The highest BCUT2D eigenvalue weighted by Gasteiger charge is 2.70. The Bertz CT molecular complexity index is 1530. The summed E-state index contributed by atoms with van der Waals surface area (Å²) in [5, 5.41) is 29.6. The van der Waals surface area contributed by atoms with Gasteiger partial charge in [-0.2, -0.15) is 8.78 Å². The van der Waals surface area contributed by atoms with Gasteiger partial charge in [0.2, 0.25) is 17.7 Å². The molecule has 274 valence electrons. The Morgan fingerprint density at radius 3 is 1.98 bits per heavy atom. The van der Waals surface area contributed by atoms with Crippen molar-refractivity contribution in [3.05, 3.63) is 65.7 Å². The first-order valence-corrected chi connectivity index (χ1v) is 14.9. The summed E-state index contributed by atoms with van der Waals surface area (Å²) in [6.45, 7) is 1.26. The van der Waals surface area contributed by atoms with Crippen LogP contribution in [0.1, 0.15) is 44.2 Å². The smallest absolute Gasteiger partial charge is 0.365 e. The predicted molar refractivity (Wildman–Crippen MR) is 163 cm³/mol. The summed E-state index contributed by atoms with van der Waals surface area (Å²) in [4.78, 5) is 75.2. The lowest BCUT2D eigenvalue weighted by atomic mass is 9.95. The van der Waals surface area contributed by atoms with Crippen LogP contribution >= 0.6 is 0 Å². The third-order valence-electron chi connectivity index (χ3n) is 7.27. The second-order valence-electron chi connectivity index (χ2n) is 11.5. The Hall–Kier alpha value is -5.17. The molecule has 0 saturated carbocycles. The molecule has 4 amide bonds. The van der Waals surface area contributed by atoms with E-state index in [0.29, 0.717) is 17.7 Å². The summed E-state index contributed by atoms with van der Waals surface area (Å²) in [6.07, 6.45) is -2.15. The van der Waals surface area contributed by atoms with Crippen molar-refractivity contribution in [3.63, 3.8) is 0 Å². The zero-order chi connectivity index (χ0) is 38.0. The number of halogens is 5. The van der Waals surface area contributed by atoms with Gasteiger partial charge >= 0.3 is 23.7 Å². The number of alkyl halides is 3. The number of imide groups is 1. The summed E-state index contributed by atoms with van der Waals surface area (Å²) in [6, 6.07) is 4.06. The number of rotatable bonds is 18. The van der Waals surface area contributed by atoms with Gasteiger partial charge in [-0.25, -0.2) is 9.18 Å². The maximum atomic E-state index is 15.9. The monoisotopic (exact) mass is 717 g/mol. The van der Waals surface area contributed by atoms with Crippen molar-refractivity contribution in [3.8, 4) is 5.75 Å². The number of amides is 4. The highest BCUT2D eigenvalue weighted by molar-refractivity contribution is 6.04. The Kier molecular flexibility index (Phi) is 14.3. The lowest BCUT2D eigenvalue weighted by Gasteiger charge is -2.37. The largest absolute Gasteiger partial charge is 0.508 e. The standard InChI is InChI=1S/C31H36F5N5O9/c1-17(2)14-23(28(48)49)40(29(50)31(34,41(35)36)30(32,33)19-6-4-3-5-7-19)24(43)16-38-27(47)22(12-13-25(44)45)39-26(46)21(37)15-18-8-10-20(42)11-9-18/h3-11,17,21-23,42H,12-16,37H2,1-2H3,(H,38,47)(H,39,46)(H,44,45)(H,48,49)/t21-,22+,23-,31+/m0/s1. The van der Waals surface area contributed by atoms with Crippen LogP contribution in [0.2, 0.25) is 0 Å². The molecule has 14 nitrogen and oxygen atoms in total. The molecule has 19 heteroatoms. The fourth-order valence-electron chi connectivity index (χ4n) is 4.67. The van der Waals surface area contributed by atoms with Gasteiger partial charge in [-0.05, 0) is 42.9 Å². The predicted octanol–water partition coefficient (Wildman–Crippen LogP) is 2.11. The molecule has 0 aliphatic carbocycles. The van der Waals surface area contributed by atoms with E-state index in [4.69, 9.17) is 10.8 Å². The van der Waals surface area contributed by atoms with Crippen molar-refractivity contribution >= 4 is 35.6 Å². The highest BCUT2D eigenvalue weighted by Crippen LogP contribution is 2.46. The summed E-state index contributed by atoms with van der Waals surface area (Å²) >= 11 is 0. The van der Waals surface area contributed by atoms with Crippen molar-refractivity contribution in [1.29, 1.82) is 0 Å².